The van der Waals surface area contributed by atoms with Crippen LogP contribution >= 0.6 is 23.2 Å². The van der Waals surface area contributed by atoms with Crippen molar-refractivity contribution in [2.24, 2.45) is 0 Å². The molecule has 0 fully saturated rings. The molecule has 14 heteroatoms. The predicted molar refractivity (Wildman–Crippen MR) is 174 cm³/mol. The number of carbonyl (C=O) groups excluding carboxylic acids is 2. The number of hydrogen-bond donors (Lipinski definition) is 1. The van der Waals surface area contributed by atoms with E-state index in [-0.39, 0.29) is 45.9 Å². The SMILES string of the molecule is CC[C@@H](C)NC(=O)[C@@H](CC)N(Cc1ccc(Cl)cc1Cl)C(=O)CN(c1ccc(OC)cc1)S(=O)(=O)c1ccc(C)c([N+](=O)[O-])c1. The highest BCUT2D eigenvalue weighted by atomic mass is 35.5. The topological polar surface area (TPSA) is 139 Å². The standard InChI is InChI=1S/C31H36Cl2N4O7S/c1-6-21(4)34-31(39)28(7-2)35(18-22-9-10-23(32)16-27(22)33)30(38)19-36(24-11-13-25(44-5)14-12-24)45(42,43)26-15-8-20(3)29(17-26)37(40)41/h8-17,21,28H,6-7,18-19H2,1-5H3,(H,34,39)/t21-,28-/m1/s1. The third-order valence-corrected chi connectivity index (χ3v) is 9.70. The maximum atomic E-state index is 14.2. The molecule has 0 unspecified atom stereocenters. The first-order valence-corrected chi connectivity index (χ1v) is 16.4. The Hall–Kier alpha value is -3.87. The molecule has 3 aromatic carbocycles. The van der Waals surface area contributed by atoms with E-state index in [9.17, 15) is 28.1 Å². The molecule has 0 radical (unpaired) electrons. The molecule has 0 spiro atoms. The van der Waals surface area contributed by atoms with Crippen LogP contribution in [0.4, 0.5) is 11.4 Å². The number of hydrogen-bond acceptors (Lipinski definition) is 7. The summed E-state index contributed by atoms with van der Waals surface area (Å²) >= 11 is 12.5. The Labute approximate surface area is 273 Å². The van der Waals surface area contributed by atoms with E-state index in [1.54, 1.807) is 19.1 Å². The van der Waals surface area contributed by atoms with Crippen molar-refractivity contribution in [3.8, 4) is 5.75 Å². The molecule has 45 heavy (non-hydrogen) atoms. The number of amides is 2. The average Bonchev–Trinajstić information content (AvgIpc) is 3.00. The summed E-state index contributed by atoms with van der Waals surface area (Å²) in [4.78, 5) is 39.5. The summed E-state index contributed by atoms with van der Waals surface area (Å²) < 4.78 is 34.3. The first kappa shape index (κ1) is 35.6. The minimum atomic E-state index is -4.54. The van der Waals surface area contributed by atoms with Crippen molar-refractivity contribution in [3.63, 3.8) is 0 Å². The van der Waals surface area contributed by atoms with E-state index in [4.69, 9.17) is 27.9 Å². The van der Waals surface area contributed by atoms with E-state index in [0.29, 0.717) is 22.8 Å². The average molecular weight is 680 g/mol. The maximum Gasteiger partial charge on any atom is 0.273 e. The molecule has 0 bridgehead atoms. The molecular formula is C31H36Cl2N4O7S. The van der Waals surface area contributed by atoms with E-state index in [0.717, 1.165) is 10.4 Å². The lowest BCUT2D eigenvalue weighted by Crippen LogP contribution is -2.53. The molecule has 0 saturated carbocycles. The van der Waals surface area contributed by atoms with Crippen molar-refractivity contribution in [1.29, 1.82) is 0 Å². The summed E-state index contributed by atoms with van der Waals surface area (Å²) in [5.41, 5.74) is 0.491. The molecule has 11 nitrogen and oxygen atoms in total. The van der Waals surface area contributed by atoms with Gasteiger partial charge in [-0.2, -0.15) is 0 Å². The quantitative estimate of drug-likeness (QED) is 0.160. The molecular weight excluding hydrogens is 643 g/mol. The van der Waals surface area contributed by atoms with Gasteiger partial charge >= 0.3 is 0 Å². The minimum absolute atomic E-state index is 0.106. The Morgan fingerprint density at radius 2 is 1.69 bits per heavy atom. The van der Waals surface area contributed by atoms with E-state index < -0.39 is 39.3 Å². The van der Waals surface area contributed by atoms with E-state index >= 15 is 0 Å². The fraction of sp³-hybridized carbons (Fsp3) is 0.355. The summed E-state index contributed by atoms with van der Waals surface area (Å²) in [6.45, 7) is 6.14. The Bertz CT molecular complexity index is 1650. The van der Waals surface area contributed by atoms with E-state index in [2.05, 4.69) is 5.32 Å². The molecule has 1 N–H and O–H groups in total. The first-order valence-electron chi connectivity index (χ1n) is 14.2. The van der Waals surface area contributed by atoms with Crippen LogP contribution < -0.4 is 14.4 Å². The van der Waals surface area contributed by atoms with E-state index in [1.807, 2.05) is 13.8 Å². The number of carbonyl (C=O) groups is 2. The number of benzene rings is 3. The summed E-state index contributed by atoms with van der Waals surface area (Å²) in [5.74, 6) is -0.661. The number of nitrogens with one attached hydrogen (secondary N) is 1. The van der Waals surface area contributed by atoms with Crippen molar-refractivity contribution < 1.29 is 27.7 Å². The molecule has 0 aliphatic rings. The van der Waals surface area contributed by atoms with Gasteiger partial charge < -0.3 is 15.0 Å². The number of rotatable bonds is 14. The third-order valence-electron chi connectivity index (χ3n) is 7.35. The zero-order chi connectivity index (χ0) is 33.5. The fourth-order valence-corrected chi connectivity index (χ4v) is 6.45. The molecule has 3 aromatic rings. The van der Waals surface area contributed by atoms with Crippen molar-refractivity contribution in [2.75, 3.05) is 18.0 Å². The lowest BCUT2D eigenvalue weighted by molar-refractivity contribution is -0.385. The summed E-state index contributed by atoms with van der Waals surface area (Å²) in [7, 11) is -3.09. The fourth-order valence-electron chi connectivity index (χ4n) is 4.54. The van der Waals surface area contributed by atoms with Gasteiger partial charge in [0, 0.05) is 34.3 Å². The molecule has 2 atom stereocenters. The van der Waals surface area contributed by atoms with Crippen LogP contribution in [0.1, 0.15) is 44.7 Å². The number of halogens is 2. The molecule has 0 aliphatic heterocycles. The van der Waals surface area contributed by atoms with Gasteiger partial charge in [-0.05, 0) is 74.7 Å². The number of nitrogens with zero attached hydrogens (tertiary/aromatic N) is 3. The zero-order valence-corrected chi connectivity index (χ0v) is 27.9. The van der Waals surface area contributed by atoms with Gasteiger partial charge in [0.15, 0.2) is 0 Å². The van der Waals surface area contributed by atoms with Crippen LogP contribution in [0.25, 0.3) is 0 Å². The van der Waals surface area contributed by atoms with Gasteiger partial charge in [0.1, 0.15) is 18.3 Å². The van der Waals surface area contributed by atoms with Gasteiger partial charge in [-0.1, -0.05) is 49.2 Å². The molecule has 3 rings (SSSR count). The number of nitro benzene ring substituents is 1. The van der Waals surface area contributed by atoms with Crippen LogP contribution in [0.3, 0.4) is 0 Å². The Balaban J connectivity index is 2.14. The van der Waals surface area contributed by atoms with Gasteiger partial charge in [-0.3, -0.25) is 24.0 Å². The van der Waals surface area contributed by atoms with Crippen LogP contribution in [-0.4, -0.2) is 55.8 Å². The Kier molecular flexibility index (Phi) is 12.2. The van der Waals surface area contributed by atoms with E-state index in [1.165, 1.54) is 61.4 Å². The van der Waals surface area contributed by atoms with Crippen LogP contribution in [-0.2, 0) is 26.2 Å². The number of methoxy groups -OCH3 is 1. The van der Waals surface area contributed by atoms with Crippen LogP contribution in [0.2, 0.25) is 10.0 Å². The van der Waals surface area contributed by atoms with Gasteiger partial charge in [0.2, 0.25) is 11.8 Å². The predicted octanol–water partition coefficient (Wildman–Crippen LogP) is 6.14. The lowest BCUT2D eigenvalue weighted by atomic mass is 10.1. The van der Waals surface area contributed by atoms with Gasteiger partial charge in [0.05, 0.1) is 22.6 Å². The van der Waals surface area contributed by atoms with Crippen molar-refractivity contribution in [3.05, 3.63) is 92.0 Å². The maximum absolute atomic E-state index is 14.2. The number of sulfonamides is 1. The van der Waals surface area contributed by atoms with Gasteiger partial charge in [0.25, 0.3) is 15.7 Å². The molecule has 0 aromatic heterocycles. The number of aryl methyl sites for hydroxylation is 1. The summed E-state index contributed by atoms with van der Waals surface area (Å²) in [6, 6.07) is 13.1. The minimum Gasteiger partial charge on any atom is -0.497 e. The summed E-state index contributed by atoms with van der Waals surface area (Å²) in [6.07, 6.45) is 0.879. The second kappa shape index (κ2) is 15.4. The summed E-state index contributed by atoms with van der Waals surface area (Å²) in [5, 5.41) is 15.2. The highest BCUT2D eigenvalue weighted by molar-refractivity contribution is 7.92. The van der Waals surface area contributed by atoms with Crippen LogP contribution in [0.5, 0.6) is 5.75 Å². The van der Waals surface area contributed by atoms with Gasteiger partial charge in [-0.15, -0.1) is 0 Å². The van der Waals surface area contributed by atoms with Gasteiger partial charge in [-0.25, -0.2) is 8.42 Å². The highest BCUT2D eigenvalue weighted by Gasteiger charge is 2.35. The Morgan fingerprint density at radius 3 is 2.24 bits per heavy atom. The molecule has 242 valence electrons. The van der Waals surface area contributed by atoms with Crippen LogP contribution in [0, 0.1) is 17.0 Å². The second-order valence-electron chi connectivity index (χ2n) is 10.4. The molecule has 0 saturated heterocycles. The number of anilines is 1. The highest BCUT2D eigenvalue weighted by Crippen LogP contribution is 2.30. The number of nitro groups is 1. The Morgan fingerprint density at radius 1 is 1.02 bits per heavy atom. The van der Waals surface area contributed by atoms with Crippen molar-refractivity contribution >= 4 is 56.4 Å². The molecule has 0 heterocycles. The largest absolute Gasteiger partial charge is 0.497 e. The third kappa shape index (κ3) is 8.65. The van der Waals surface area contributed by atoms with Crippen molar-refractivity contribution in [2.45, 2.75) is 64.1 Å². The first-order chi connectivity index (χ1) is 21.2. The second-order valence-corrected chi connectivity index (χ2v) is 13.1. The zero-order valence-electron chi connectivity index (χ0n) is 25.6. The monoisotopic (exact) mass is 678 g/mol. The van der Waals surface area contributed by atoms with Crippen LogP contribution in [0.15, 0.2) is 65.6 Å². The number of ether oxygens (including phenoxy) is 1. The lowest BCUT2D eigenvalue weighted by Gasteiger charge is -2.34. The molecule has 0 aliphatic carbocycles. The smallest absolute Gasteiger partial charge is 0.273 e. The van der Waals surface area contributed by atoms with Crippen molar-refractivity contribution in [1.82, 2.24) is 10.2 Å². The molecule has 2 amide bonds. The normalized spacial score (nSPS) is 12.6.